The fourth-order valence-corrected chi connectivity index (χ4v) is 2.64. The molecule has 0 aromatic rings. The zero-order valence-corrected chi connectivity index (χ0v) is 13.1. The first kappa shape index (κ1) is 16.8. The molecule has 0 bridgehead atoms. The van der Waals surface area contributed by atoms with E-state index in [1.807, 2.05) is 13.8 Å². The normalized spacial score (nSPS) is 19.8. The largest absolute Gasteiger partial charge is 0.481 e. The van der Waals surface area contributed by atoms with Crippen LogP contribution in [-0.2, 0) is 4.79 Å². The van der Waals surface area contributed by atoms with Gasteiger partial charge in [0.15, 0.2) is 0 Å². The number of aliphatic carboxylic acids is 1. The standard InChI is InChI=1S/C15H28N2O3/c1-5-6-15(13(18)19)7-9-17(10-8-15)14(20)16-12(4)11(2)3/h11-12H,5-10H2,1-4H3,(H,16,20)(H,18,19). The molecule has 2 amide bonds. The zero-order valence-electron chi connectivity index (χ0n) is 13.1. The van der Waals surface area contributed by atoms with Crippen molar-refractivity contribution in [3.8, 4) is 0 Å². The number of rotatable bonds is 5. The van der Waals surface area contributed by atoms with E-state index in [1.54, 1.807) is 4.90 Å². The minimum Gasteiger partial charge on any atom is -0.481 e. The number of carboxylic acids is 1. The van der Waals surface area contributed by atoms with Gasteiger partial charge in [0, 0.05) is 19.1 Å². The molecule has 1 rings (SSSR count). The van der Waals surface area contributed by atoms with Crippen molar-refractivity contribution in [2.45, 2.75) is 59.4 Å². The molecule has 1 unspecified atom stereocenters. The number of hydrogen-bond donors (Lipinski definition) is 2. The van der Waals surface area contributed by atoms with E-state index in [1.165, 1.54) is 0 Å². The molecule has 1 atom stereocenters. The third kappa shape index (κ3) is 3.87. The van der Waals surface area contributed by atoms with Gasteiger partial charge in [-0.15, -0.1) is 0 Å². The molecule has 1 fully saturated rings. The van der Waals surface area contributed by atoms with Crippen LogP contribution < -0.4 is 5.32 Å². The Kier molecular flexibility index (Phi) is 5.84. The Balaban J connectivity index is 2.56. The number of carboxylic acid groups (broad SMARTS) is 1. The lowest BCUT2D eigenvalue weighted by Gasteiger charge is -2.39. The predicted molar refractivity (Wildman–Crippen MR) is 78.6 cm³/mol. The fourth-order valence-electron chi connectivity index (χ4n) is 2.64. The average Bonchev–Trinajstić information content (AvgIpc) is 2.39. The SMILES string of the molecule is CCCC1(C(=O)O)CCN(C(=O)NC(C)C(C)C)CC1. The van der Waals surface area contributed by atoms with Gasteiger partial charge in [-0.2, -0.15) is 0 Å². The maximum Gasteiger partial charge on any atom is 0.317 e. The highest BCUT2D eigenvalue weighted by Crippen LogP contribution is 2.36. The minimum atomic E-state index is -0.713. The molecule has 0 aliphatic carbocycles. The maximum atomic E-state index is 12.1. The first-order valence-corrected chi connectivity index (χ1v) is 7.61. The van der Waals surface area contributed by atoms with Crippen LogP contribution in [0.15, 0.2) is 0 Å². The predicted octanol–water partition coefficient (Wildman–Crippen LogP) is 2.71. The summed E-state index contributed by atoms with van der Waals surface area (Å²) in [4.78, 5) is 25.4. The van der Waals surface area contributed by atoms with E-state index in [-0.39, 0.29) is 12.1 Å². The van der Waals surface area contributed by atoms with Gasteiger partial charge in [-0.1, -0.05) is 27.2 Å². The van der Waals surface area contributed by atoms with Crippen molar-refractivity contribution < 1.29 is 14.7 Å². The van der Waals surface area contributed by atoms with E-state index < -0.39 is 11.4 Å². The Hall–Kier alpha value is -1.26. The molecule has 0 spiro atoms. The van der Waals surface area contributed by atoms with Crippen LogP contribution in [0.2, 0.25) is 0 Å². The van der Waals surface area contributed by atoms with Gasteiger partial charge in [-0.25, -0.2) is 4.79 Å². The van der Waals surface area contributed by atoms with Crippen molar-refractivity contribution in [3.05, 3.63) is 0 Å². The van der Waals surface area contributed by atoms with Crippen LogP contribution in [0.5, 0.6) is 0 Å². The quantitative estimate of drug-likeness (QED) is 0.815. The monoisotopic (exact) mass is 284 g/mol. The molecule has 1 aliphatic rings. The van der Waals surface area contributed by atoms with Gasteiger partial charge in [-0.3, -0.25) is 4.79 Å². The summed E-state index contributed by atoms with van der Waals surface area (Å²) in [5.41, 5.74) is -0.630. The lowest BCUT2D eigenvalue weighted by Crippen LogP contribution is -2.51. The van der Waals surface area contributed by atoms with Crippen molar-refractivity contribution in [1.82, 2.24) is 10.2 Å². The molecule has 1 saturated heterocycles. The highest BCUT2D eigenvalue weighted by atomic mass is 16.4. The lowest BCUT2D eigenvalue weighted by atomic mass is 9.75. The molecular weight excluding hydrogens is 256 g/mol. The molecule has 0 saturated carbocycles. The van der Waals surface area contributed by atoms with Gasteiger partial charge in [0.25, 0.3) is 0 Å². The number of amides is 2. The molecule has 20 heavy (non-hydrogen) atoms. The van der Waals surface area contributed by atoms with Crippen molar-refractivity contribution in [3.63, 3.8) is 0 Å². The highest BCUT2D eigenvalue weighted by molar-refractivity contribution is 5.77. The van der Waals surface area contributed by atoms with Crippen LogP contribution >= 0.6 is 0 Å². The minimum absolute atomic E-state index is 0.0679. The second-order valence-corrected chi connectivity index (χ2v) is 6.30. The Labute approximate surface area is 121 Å². The molecule has 5 heteroatoms. The van der Waals surface area contributed by atoms with Crippen LogP contribution in [0.4, 0.5) is 4.79 Å². The van der Waals surface area contributed by atoms with E-state index in [0.29, 0.717) is 38.3 Å². The summed E-state index contributed by atoms with van der Waals surface area (Å²) in [7, 11) is 0. The first-order valence-electron chi connectivity index (χ1n) is 7.61. The number of piperidine rings is 1. The molecule has 1 aliphatic heterocycles. The molecule has 5 nitrogen and oxygen atoms in total. The van der Waals surface area contributed by atoms with Gasteiger partial charge in [0.1, 0.15) is 0 Å². The van der Waals surface area contributed by atoms with Crippen LogP contribution in [0.25, 0.3) is 0 Å². The van der Waals surface area contributed by atoms with Gasteiger partial charge < -0.3 is 15.3 Å². The van der Waals surface area contributed by atoms with Crippen LogP contribution in [-0.4, -0.2) is 41.1 Å². The Morgan fingerprint density at radius 2 is 1.80 bits per heavy atom. The highest BCUT2D eigenvalue weighted by Gasteiger charge is 2.41. The van der Waals surface area contributed by atoms with E-state index in [2.05, 4.69) is 19.2 Å². The Morgan fingerprint density at radius 1 is 1.25 bits per heavy atom. The maximum absolute atomic E-state index is 12.1. The molecule has 2 N–H and O–H groups in total. The molecule has 0 aromatic heterocycles. The van der Waals surface area contributed by atoms with Crippen molar-refractivity contribution in [1.29, 1.82) is 0 Å². The van der Waals surface area contributed by atoms with Crippen molar-refractivity contribution >= 4 is 12.0 Å². The van der Waals surface area contributed by atoms with Crippen LogP contribution in [0.1, 0.15) is 53.4 Å². The smallest absolute Gasteiger partial charge is 0.317 e. The van der Waals surface area contributed by atoms with Crippen LogP contribution in [0.3, 0.4) is 0 Å². The third-order valence-corrected chi connectivity index (χ3v) is 4.54. The second kappa shape index (κ2) is 6.95. The average molecular weight is 284 g/mol. The summed E-state index contributed by atoms with van der Waals surface area (Å²) in [5, 5.41) is 12.4. The molecule has 116 valence electrons. The molecular formula is C15H28N2O3. The number of likely N-dealkylation sites (tertiary alicyclic amines) is 1. The number of hydrogen-bond acceptors (Lipinski definition) is 2. The number of carbonyl (C=O) groups is 2. The van der Waals surface area contributed by atoms with Gasteiger partial charge in [-0.05, 0) is 32.1 Å². The van der Waals surface area contributed by atoms with Gasteiger partial charge in [0.2, 0.25) is 0 Å². The molecule has 0 radical (unpaired) electrons. The Morgan fingerprint density at radius 3 is 2.20 bits per heavy atom. The summed E-state index contributed by atoms with van der Waals surface area (Å²) in [5.74, 6) is -0.322. The van der Waals surface area contributed by atoms with Crippen molar-refractivity contribution in [2.75, 3.05) is 13.1 Å². The van der Waals surface area contributed by atoms with Gasteiger partial charge in [0.05, 0.1) is 5.41 Å². The number of nitrogens with zero attached hydrogens (tertiary/aromatic N) is 1. The summed E-state index contributed by atoms with van der Waals surface area (Å²) in [6, 6.07) is 0.0611. The van der Waals surface area contributed by atoms with E-state index >= 15 is 0 Å². The Bertz CT molecular complexity index is 347. The first-order chi connectivity index (χ1) is 9.32. The number of nitrogens with one attached hydrogen (secondary N) is 1. The van der Waals surface area contributed by atoms with E-state index in [0.717, 1.165) is 6.42 Å². The van der Waals surface area contributed by atoms with Crippen molar-refractivity contribution in [2.24, 2.45) is 11.3 Å². The number of carbonyl (C=O) groups excluding carboxylic acids is 1. The number of urea groups is 1. The lowest BCUT2D eigenvalue weighted by molar-refractivity contribution is -0.152. The van der Waals surface area contributed by atoms with Crippen LogP contribution in [0, 0.1) is 11.3 Å². The summed E-state index contributed by atoms with van der Waals surface area (Å²) < 4.78 is 0. The topological polar surface area (TPSA) is 69.6 Å². The fraction of sp³-hybridized carbons (Fsp3) is 0.867. The summed E-state index contributed by atoms with van der Waals surface area (Å²) in [6.07, 6.45) is 2.67. The van der Waals surface area contributed by atoms with E-state index in [9.17, 15) is 14.7 Å². The summed E-state index contributed by atoms with van der Waals surface area (Å²) >= 11 is 0. The molecule has 0 aromatic carbocycles. The molecule has 1 heterocycles. The van der Waals surface area contributed by atoms with Gasteiger partial charge >= 0.3 is 12.0 Å². The second-order valence-electron chi connectivity index (χ2n) is 6.30. The zero-order chi connectivity index (χ0) is 15.3. The summed E-state index contributed by atoms with van der Waals surface area (Å²) in [6.45, 7) is 9.20. The third-order valence-electron chi connectivity index (χ3n) is 4.54. The van der Waals surface area contributed by atoms with E-state index in [4.69, 9.17) is 0 Å².